The molecule has 1 N–H and O–H groups in total. The Morgan fingerprint density at radius 1 is 1.29 bits per heavy atom. The predicted molar refractivity (Wildman–Crippen MR) is 96.2 cm³/mol. The lowest BCUT2D eigenvalue weighted by Crippen LogP contribution is -2.32. The van der Waals surface area contributed by atoms with Gasteiger partial charge in [-0.2, -0.15) is 11.3 Å². The molecule has 1 aromatic heterocycles. The number of likely N-dealkylation sites (tertiary alicyclic amines) is 1. The van der Waals surface area contributed by atoms with Gasteiger partial charge in [-0.15, -0.1) is 0 Å². The van der Waals surface area contributed by atoms with Crippen LogP contribution in [0.2, 0.25) is 0 Å². The van der Waals surface area contributed by atoms with Gasteiger partial charge in [0.2, 0.25) is 5.91 Å². The number of hydrogen-bond donors (Lipinski definition) is 1. The molecule has 24 heavy (non-hydrogen) atoms. The molecule has 1 aliphatic heterocycles. The van der Waals surface area contributed by atoms with Crippen molar-refractivity contribution >= 4 is 23.2 Å². The van der Waals surface area contributed by atoms with E-state index in [9.17, 15) is 9.59 Å². The molecule has 2 aromatic rings. The molecule has 1 saturated heterocycles. The second-order valence-electron chi connectivity index (χ2n) is 6.32. The van der Waals surface area contributed by atoms with Crippen LogP contribution in [0.1, 0.15) is 27.9 Å². The van der Waals surface area contributed by atoms with Gasteiger partial charge in [0.05, 0.1) is 5.56 Å². The third kappa shape index (κ3) is 4.03. The molecule has 126 valence electrons. The highest BCUT2D eigenvalue weighted by Crippen LogP contribution is 2.18. The van der Waals surface area contributed by atoms with Crippen LogP contribution in [0.15, 0.2) is 41.1 Å². The average Bonchev–Trinajstić information content (AvgIpc) is 3.17. The molecule has 1 unspecified atom stereocenters. The van der Waals surface area contributed by atoms with Crippen LogP contribution in [0.5, 0.6) is 0 Å². The van der Waals surface area contributed by atoms with E-state index in [1.807, 2.05) is 40.8 Å². The highest BCUT2D eigenvalue weighted by molar-refractivity contribution is 7.08. The van der Waals surface area contributed by atoms with Gasteiger partial charge in [-0.1, -0.05) is 30.3 Å². The molecule has 0 saturated carbocycles. The molecular weight excluding hydrogens is 320 g/mol. The molecule has 1 aromatic carbocycles. The SMILES string of the molecule is Cc1cscc1C(=O)NCC1CC(=O)N(CCc2ccccc2)C1. The highest BCUT2D eigenvalue weighted by atomic mass is 32.1. The van der Waals surface area contributed by atoms with Crippen LogP contribution in [0, 0.1) is 12.8 Å². The average molecular weight is 342 g/mol. The number of nitrogens with zero attached hydrogens (tertiary/aromatic N) is 1. The molecule has 1 aliphatic rings. The molecule has 1 atom stereocenters. The Morgan fingerprint density at radius 2 is 2.08 bits per heavy atom. The summed E-state index contributed by atoms with van der Waals surface area (Å²) in [6.45, 7) is 3.98. The third-order valence-electron chi connectivity index (χ3n) is 4.46. The van der Waals surface area contributed by atoms with E-state index in [2.05, 4.69) is 17.4 Å². The van der Waals surface area contributed by atoms with Crippen molar-refractivity contribution < 1.29 is 9.59 Å². The van der Waals surface area contributed by atoms with E-state index in [0.29, 0.717) is 13.0 Å². The molecule has 1 fully saturated rings. The number of benzene rings is 1. The lowest BCUT2D eigenvalue weighted by molar-refractivity contribution is -0.127. The Bertz CT molecular complexity index is 711. The second-order valence-corrected chi connectivity index (χ2v) is 7.07. The first kappa shape index (κ1) is 16.7. The van der Waals surface area contributed by atoms with Crippen molar-refractivity contribution in [3.63, 3.8) is 0 Å². The first-order valence-electron chi connectivity index (χ1n) is 8.26. The van der Waals surface area contributed by atoms with Crippen molar-refractivity contribution in [1.82, 2.24) is 10.2 Å². The third-order valence-corrected chi connectivity index (χ3v) is 5.32. The topological polar surface area (TPSA) is 49.4 Å². The first-order chi connectivity index (χ1) is 11.6. The van der Waals surface area contributed by atoms with Crippen LogP contribution < -0.4 is 5.32 Å². The summed E-state index contributed by atoms with van der Waals surface area (Å²) in [5, 5.41) is 6.81. The van der Waals surface area contributed by atoms with Crippen molar-refractivity contribution in [3.8, 4) is 0 Å². The van der Waals surface area contributed by atoms with Gasteiger partial charge in [0.15, 0.2) is 0 Å². The number of carbonyl (C=O) groups excluding carboxylic acids is 2. The summed E-state index contributed by atoms with van der Waals surface area (Å²) in [5.41, 5.74) is 2.99. The zero-order valence-corrected chi connectivity index (χ0v) is 14.6. The molecule has 0 radical (unpaired) electrons. The molecule has 5 heteroatoms. The van der Waals surface area contributed by atoms with Crippen molar-refractivity contribution in [1.29, 1.82) is 0 Å². The molecule has 0 bridgehead atoms. The van der Waals surface area contributed by atoms with Crippen LogP contribution in [-0.4, -0.2) is 36.3 Å². The van der Waals surface area contributed by atoms with E-state index < -0.39 is 0 Å². The van der Waals surface area contributed by atoms with Gasteiger partial charge in [-0.25, -0.2) is 0 Å². The highest BCUT2D eigenvalue weighted by Gasteiger charge is 2.29. The fourth-order valence-electron chi connectivity index (χ4n) is 3.04. The maximum absolute atomic E-state index is 12.2. The maximum atomic E-state index is 12.2. The van der Waals surface area contributed by atoms with Gasteiger partial charge in [0.25, 0.3) is 5.91 Å². The van der Waals surface area contributed by atoms with Gasteiger partial charge in [-0.3, -0.25) is 9.59 Å². The number of thiophene rings is 1. The smallest absolute Gasteiger partial charge is 0.252 e. The fourth-order valence-corrected chi connectivity index (χ4v) is 3.87. The van der Waals surface area contributed by atoms with E-state index in [4.69, 9.17) is 0 Å². The number of rotatable bonds is 6. The molecule has 2 amide bonds. The van der Waals surface area contributed by atoms with Crippen LogP contribution >= 0.6 is 11.3 Å². The zero-order valence-electron chi connectivity index (χ0n) is 13.8. The van der Waals surface area contributed by atoms with E-state index in [-0.39, 0.29) is 17.7 Å². The molecule has 0 spiro atoms. The minimum Gasteiger partial charge on any atom is -0.352 e. The van der Waals surface area contributed by atoms with Gasteiger partial charge in [-0.05, 0) is 29.9 Å². The van der Waals surface area contributed by atoms with Crippen molar-refractivity contribution in [2.24, 2.45) is 5.92 Å². The maximum Gasteiger partial charge on any atom is 0.252 e. The molecule has 3 rings (SSSR count). The van der Waals surface area contributed by atoms with Crippen LogP contribution in [0.25, 0.3) is 0 Å². The summed E-state index contributed by atoms with van der Waals surface area (Å²) in [6, 6.07) is 10.2. The lowest BCUT2D eigenvalue weighted by atomic mass is 10.1. The van der Waals surface area contributed by atoms with Crippen molar-refractivity contribution in [2.75, 3.05) is 19.6 Å². The number of nitrogens with one attached hydrogen (secondary N) is 1. The minimum atomic E-state index is -0.0380. The van der Waals surface area contributed by atoms with Crippen LogP contribution in [-0.2, 0) is 11.2 Å². The van der Waals surface area contributed by atoms with E-state index >= 15 is 0 Å². The summed E-state index contributed by atoms with van der Waals surface area (Å²) in [6.07, 6.45) is 1.40. The van der Waals surface area contributed by atoms with Crippen LogP contribution in [0.4, 0.5) is 0 Å². The number of amides is 2. The largest absolute Gasteiger partial charge is 0.352 e. The van der Waals surface area contributed by atoms with E-state index in [0.717, 1.165) is 30.6 Å². The van der Waals surface area contributed by atoms with Gasteiger partial charge in [0.1, 0.15) is 0 Å². The Morgan fingerprint density at radius 3 is 2.79 bits per heavy atom. The molecule has 4 nitrogen and oxygen atoms in total. The summed E-state index contributed by atoms with van der Waals surface area (Å²) < 4.78 is 0. The van der Waals surface area contributed by atoms with Gasteiger partial charge in [0, 0.05) is 37.4 Å². The Hall–Kier alpha value is -2.14. The molecule has 0 aliphatic carbocycles. The van der Waals surface area contributed by atoms with Crippen molar-refractivity contribution in [2.45, 2.75) is 19.8 Å². The number of carbonyl (C=O) groups is 2. The normalized spacial score (nSPS) is 17.3. The number of hydrogen-bond acceptors (Lipinski definition) is 3. The van der Waals surface area contributed by atoms with Crippen molar-refractivity contribution in [3.05, 3.63) is 57.8 Å². The predicted octanol–water partition coefficient (Wildman–Crippen LogP) is 2.88. The summed E-state index contributed by atoms with van der Waals surface area (Å²) in [4.78, 5) is 26.2. The standard InChI is InChI=1S/C19H22N2O2S/c1-14-12-24-13-17(14)19(23)20-10-16-9-18(22)21(11-16)8-7-15-5-3-2-4-6-15/h2-6,12-13,16H,7-11H2,1H3,(H,20,23). The monoisotopic (exact) mass is 342 g/mol. The van der Waals surface area contributed by atoms with Crippen LogP contribution in [0.3, 0.4) is 0 Å². The zero-order chi connectivity index (χ0) is 16.9. The fraction of sp³-hybridized carbons (Fsp3) is 0.368. The summed E-state index contributed by atoms with van der Waals surface area (Å²) in [7, 11) is 0. The second kappa shape index (κ2) is 7.62. The van der Waals surface area contributed by atoms with E-state index in [1.165, 1.54) is 16.9 Å². The lowest BCUT2D eigenvalue weighted by Gasteiger charge is -2.17. The van der Waals surface area contributed by atoms with E-state index in [1.54, 1.807) is 0 Å². The van der Waals surface area contributed by atoms with Gasteiger partial charge < -0.3 is 10.2 Å². The summed E-state index contributed by atoms with van der Waals surface area (Å²) >= 11 is 1.53. The van der Waals surface area contributed by atoms with Gasteiger partial charge >= 0.3 is 0 Å². The summed E-state index contributed by atoms with van der Waals surface area (Å²) in [5.74, 6) is 0.358. The number of aryl methyl sites for hydroxylation is 1. The molecular formula is C19H22N2O2S. The quantitative estimate of drug-likeness (QED) is 0.877. The Balaban J connectivity index is 1.46. The molecule has 2 heterocycles. The Labute approximate surface area is 146 Å². The Kier molecular flexibility index (Phi) is 5.30. The minimum absolute atomic E-state index is 0.0380. The first-order valence-corrected chi connectivity index (χ1v) is 9.20.